The summed E-state index contributed by atoms with van der Waals surface area (Å²) in [4.78, 5) is 25.1. The van der Waals surface area contributed by atoms with Crippen LogP contribution in [0, 0.1) is 0 Å². The summed E-state index contributed by atoms with van der Waals surface area (Å²) in [6.45, 7) is 4.53. The van der Waals surface area contributed by atoms with Gasteiger partial charge in [0.2, 0.25) is 0 Å². The van der Waals surface area contributed by atoms with Crippen LogP contribution in [0.5, 0.6) is 0 Å². The van der Waals surface area contributed by atoms with Crippen LogP contribution < -0.4 is 4.90 Å². The van der Waals surface area contributed by atoms with Crippen molar-refractivity contribution in [3.8, 4) is 0 Å². The molecule has 2 saturated heterocycles. The Morgan fingerprint density at radius 1 is 1.00 bits per heavy atom. The summed E-state index contributed by atoms with van der Waals surface area (Å²) in [5, 5.41) is 0. The van der Waals surface area contributed by atoms with Crippen LogP contribution in [0.25, 0.3) is 0 Å². The monoisotopic (exact) mass is 290 g/mol. The second-order valence-corrected chi connectivity index (χ2v) is 5.57. The predicted molar refractivity (Wildman–Crippen MR) is 79.4 cm³/mol. The lowest BCUT2D eigenvalue weighted by atomic mass is 10.2. The first kappa shape index (κ1) is 14.3. The van der Waals surface area contributed by atoms with Crippen molar-refractivity contribution < 1.29 is 9.53 Å². The fourth-order valence-corrected chi connectivity index (χ4v) is 2.87. The predicted octanol–water partition coefficient (Wildman–Crippen LogP) is 1.33. The molecule has 6 heteroatoms. The maximum atomic E-state index is 12.5. The topological polar surface area (TPSA) is 58.6 Å². The summed E-state index contributed by atoms with van der Waals surface area (Å²) < 4.78 is 5.28. The molecule has 0 unspecified atom stereocenters. The van der Waals surface area contributed by atoms with Gasteiger partial charge in [-0.25, -0.2) is 9.97 Å². The van der Waals surface area contributed by atoms with Gasteiger partial charge >= 0.3 is 0 Å². The van der Waals surface area contributed by atoms with Crippen LogP contribution in [0.4, 0.5) is 5.82 Å². The van der Waals surface area contributed by atoms with Crippen LogP contribution in [0.3, 0.4) is 0 Å². The highest BCUT2D eigenvalue weighted by atomic mass is 16.5. The van der Waals surface area contributed by atoms with Crippen LogP contribution in [0.15, 0.2) is 12.4 Å². The van der Waals surface area contributed by atoms with Crippen molar-refractivity contribution in [3.05, 3.63) is 18.1 Å². The van der Waals surface area contributed by atoms with Crippen molar-refractivity contribution in [1.82, 2.24) is 14.9 Å². The second-order valence-electron chi connectivity index (χ2n) is 5.57. The molecular weight excluding hydrogens is 268 g/mol. The third-order valence-electron chi connectivity index (χ3n) is 4.10. The molecule has 0 aromatic carbocycles. The molecule has 0 N–H and O–H groups in total. The van der Waals surface area contributed by atoms with Crippen molar-refractivity contribution in [2.75, 3.05) is 44.3 Å². The van der Waals surface area contributed by atoms with Gasteiger partial charge in [0.15, 0.2) is 0 Å². The molecule has 2 fully saturated rings. The zero-order valence-electron chi connectivity index (χ0n) is 12.3. The molecule has 1 aromatic heterocycles. The van der Waals surface area contributed by atoms with Crippen LogP contribution in [0.1, 0.15) is 36.2 Å². The molecular formula is C15H22N4O2. The fraction of sp³-hybridized carbons (Fsp3) is 0.667. The fourth-order valence-electron chi connectivity index (χ4n) is 2.87. The Labute approximate surface area is 125 Å². The van der Waals surface area contributed by atoms with Crippen molar-refractivity contribution in [3.63, 3.8) is 0 Å². The molecule has 0 saturated carbocycles. The standard InChI is InChI=1S/C15H22N4O2/c20-15(19-7-9-21-10-8-19)13-11-14(17-12-16-13)18-5-3-1-2-4-6-18/h11-12H,1-10H2. The first-order chi connectivity index (χ1) is 10.3. The molecule has 3 rings (SSSR count). The Kier molecular flexibility index (Phi) is 4.65. The highest BCUT2D eigenvalue weighted by Gasteiger charge is 2.21. The Bertz CT molecular complexity index is 480. The molecule has 3 heterocycles. The zero-order chi connectivity index (χ0) is 14.5. The minimum Gasteiger partial charge on any atom is -0.378 e. The van der Waals surface area contributed by atoms with Crippen molar-refractivity contribution >= 4 is 11.7 Å². The van der Waals surface area contributed by atoms with E-state index in [0.29, 0.717) is 32.0 Å². The van der Waals surface area contributed by atoms with E-state index in [0.717, 1.165) is 18.9 Å². The van der Waals surface area contributed by atoms with Gasteiger partial charge in [-0.3, -0.25) is 4.79 Å². The summed E-state index contributed by atoms with van der Waals surface area (Å²) in [7, 11) is 0. The van der Waals surface area contributed by atoms with Gasteiger partial charge in [-0.2, -0.15) is 0 Å². The second kappa shape index (κ2) is 6.85. The number of nitrogens with zero attached hydrogens (tertiary/aromatic N) is 4. The number of carbonyl (C=O) groups excluding carboxylic acids is 1. The maximum absolute atomic E-state index is 12.5. The highest BCUT2D eigenvalue weighted by Crippen LogP contribution is 2.18. The zero-order valence-corrected chi connectivity index (χ0v) is 12.3. The SMILES string of the molecule is O=C(c1cc(N2CCCCCC2)ncn1)N1CCOCC1. The van der Waals surface area contributed by atoms with Crippen molar-refractivity contribution in [1.29, 1.82) is 0 Å². The van der Waals surface area contributed by atoms with Crippen LogP contribution in [0.2, 0.25) is 0 Å². The molecule has 0 bridgehead atoms. The molecule has 1 aromatic rings. The smallest absolute Gasteiger partial charge is 0.272 e. The lowest BCUT2D eigenvalue weighted by molar-refractivity contribution is 0.0299. The number of hydrogen-bond donors (Lipinski definition) is 0. The molecule has 114 valence electrons. The molecule has 1 amide bonds. The molecule has 2 aliphatic heterocycles. The van der Waals surface area contributed by atoms with Gasteiger partial charge < -0.3 is 14.5 Å². The first-order valence-corrected chi connectivity index (χ1v) is 7.78. The average Bonchev–Trinajstić information content (AvgIpc) is 2.84. The molecule has 0 spiro atoms. The quantitative estimate of drug-likeness (QED) is 0.822. The van der Waals surface area contributed by atoms with E-state index in [9.17, 15) is 4.79 Å². The van der Waals surface area contributed by atoms with Gasteiger partial charge in [0, 0.05) is 32.2 Å². The Hall–Kier alpha value is -1.69. The number of anilines is 1. The van der Waals surface area contributed by atoms with Crippen LogP contribution in [-0.4, -0.2) is 60.2 Å². The summed E-state index contributed by atoms with van der Waals surface area (Å²) in [5.74, 6) is 0.861. The molecule has 0 radical (unpaired) electrons. The Morgan fingerprint density at radius 2 is 1.71 bits per heavy atom. The Balaban J connectivity index is 1.74. The summed E-state index contributed by atoms with van der Waals surface area (Å²) in [5.41, 5.74) is 0.492. The van der Waals surface area contributed by atoms with Crippen molar-refractivity contribution in [2.24, 2.45) is 0 Å². The van der Waals surface area contributed by atoms with E-state index in [-0.39, 0.29) is 5.91 Å². The molecule has 2 aliphatic rings. The van der Waals surface area contributed by atoms with Crippen LogP contribution in [-0.2, 0) is 4.74 Å². The minimum absolute atomic E-state index is 0.0169. The third-order valence-corrected chi connectivity index (χ3v) is 4.10. The number of carbonyl (C=O) groups is 1. The Morgan fingerprint density at radius 3 is 2.43 bits per heavy atom. The van der Waals surface area contributed by atoms with E-state index in [1.165, 1.54) is 32.0 Å². The number of amides is 1. The largest absolute Gasteiger partial charge is 0.378 e. The van der Waals surface area contributed by atoms with Gasteiger partial charge in [0.05, 0.1) is 13.2 Å². The average molecular weight is 290 g/mol. The normalized spacial score (nSPS) is 20.2. The van der Waals surface area contributed by atoms with Gasteiger partial charge in [0.25, 0.3) is 5.91 Å². The summed E-state index contributed by atoms with van der Waals surface area (Å²) >= 11 is 0. The highest BCUT2D eigenvalue weighted by molar-refractivity contribution is 5.93. The lowest BCUT2D eigenvalue weighted by Crippen LogP contribution is -2.41. The molecule has 0 atom stereocenters. The van der Waals surface area contributed by atoms with E-state index in [2.05, 4.69) is 14.9 Å². The van der Waals surface area contributed by atoms with E-state index < -0.39 is 0 Å². The summed E-state index contributed by atoms with van der Waals surface area (Å²) in [6.07, 6.45) is 6.45. The van der Waals surface area contributed by atoms with Crippen LogP contribution >= 0.6 is 0 Å². The van der Waals surface area contributed by atoms with E-state index in [1.54, 1.807) is 4.90 Å². The molecule has 21 heavy (non-hydrogen) atoms. The van der Waals surface area contributed by atoms with Gasteiger partial charge in [-0.05, 0) is 12.8 Å². The number of morpholine rings is 1. The lowest BCUT2D eigenvalue weighted by Gasteiger charge is -2.27. The number of hydrogen-bond acceptors (Lipinski definition) is 5. The number of rotatable bonds is 2. The number of ether oxygens (including phenoxy) is 1. The first-order valence-electron chi connectivity index (χ1n) is 7.78. The third kappa shape index (κ3) is 3.50. The maximum Gasteiger partial charge on any atom is 0.272 e. The summed E-state index contributed by atoms with van der Waals surface area (Å²) in [6, 6.07) is 1.84. The van der Waals surface area contributed by atoms with Gasteiger partial charge in [-0.15, -0.1) is 0 Å². The number of aromatic nitrogens is 2. The minimum atomic E-state index is -0.0169. The van der Waals surface area contributed by atoms with E-state index in [4.69, 9.17) is 4.74 Å². The molecule has 6 nitrogen and oxygen atoms in total. The molecule has 0 aliphatic carbocycles. The van der Waals surface area contributed by atoms with Crippen molar-refractivity contribution in [2.45, 2.75) is 25.7 Å². The van der Waals surface area contributed by atoms with E-state index >= 15 is 0 Å². The van der Waals surface area contributed by atoms with Gasteiger partial charge in [-0.1, -0.05) is 12.8 Å². The van der Waals surface area contributed by atoms with Gasteiger partial charge in [0.1, 0.15) is 17.8 Å². The van der Waals surface area contributed by atoms with E-state index in [1.807, 2.05) is 6.07 Å².